The summed E-state index contributed by atoms with van der Waals surface area (Å²) in [5.74, 6) is 0.826. The minimum absolute atomic E-state index is 0.155. The van der Waals surface area contributed by atoms with Crippen LogP contribution in [0.4, 0.5) is 0 Å². The quantitative estimate of drug-likeness (QED) is 0.775. The zero-order chi connectivity index (χ0) is 15.0. The lowest BCUT2D eigenvalue weighted by atomic mass is 9.55. The SMILES string of the molecule is CC1CNCCC1(O)C1(C#N)CCC(C(C)(C)C)CC1. The van der Waals surface area contributed by atoms with Crippen molar-refractivity contribution >= 4 is 0 Å². The monoisotopic (exact) mass is 278 g/mol. The van der Waals surface area contributed by atoms with Crippen molar-refractivity contribution in [2.75, 3.05) is 13.1 Å². The van der Waals surface area contributed by atoms with E-state index in [4.69, 9.17) is 0 Å². The summed E-state index contributed by atoms with van der Waals surface area (Å²) in [4.78, 5) is 0. The Labute approximate surface area is 123 Å². The molecule has 2 rings (SSSR count). The average molecular weight is 278 g/mol. The van der Waals surface area contributed by atoms with Gasteiger partial charge in [0.1, 0.15) is 0 Å². The average Bonchev–Trinajstić information content (AvgIpc) is 2.41. The summed E-state index contributed by atoms with van der Waals surface area (Å²) in [5.41, 5.74) is -1.03. The van der Waals surface area contributed by atoms with Gasteiger partial charge >= 0.3 is 0 Å². The van der Waals surface area contributed by atoms with Crippen LogP contribution in [0, 0.1) is 34.0 Å². The van der Waals surface area contributed by atoms with E-state index in [2.05, 4.69) is 39.1 Å². The van der Waals surface area contributed by atoms with Gasteiger partial charge in [0.15, 0.2) is 0 Å². The van der Waals surface area contributed by atoms with Crippen LogP contribution >= 0.6 is 0 Å². The number of rotatable bonds is 1. The predicted octanol–water partition coefficient (Wildman–Crippen LogP) is 3.09. The Balaban J connectivity index is 2.19. The highest BCUT2D eigenvalue weighted by Gasteiger charge is 2.56. The second-order valence-electron chi connectivity index (χ2n) is 8.11. The minimum Gasteiger partial charge on any atom is -0.388 e. The van der Waals surface area contributed by atoms with Crippen molar-refractivity contribution in [2.45, 2.75) is 65.4 Å². The van der Waals surface area contributed by atoms with Crippen LogP contribution in [0.25, 0.3) is 0 Å². The largest absolute Gasteiger partial charge is 0.388 e. The third-order valence-corrected chi connectivity index (χ3v) is 6.06. The Kier molecular flexibility index (Phi) is 4.19. The predicted molar refractivity (Wildman–Crippen MR) is 81.1 cm³/mol. The smallest absolute Gasteiger partial charge is 0.0882 e. The van der Waals surface area contributed by atoms with Crippen molar-refractivity contribution in [3.63, 3.8) is 0 Å². The van der Waals surface area contributed by atoms with Crippen LogP contribution in [0.3, 0.4) is 0 Å². The fraction of sp³-hybridized carbons (Fsp3) is 0.941. The van der Waals surface area contributed by atoms with Crippen molar-refractivity contribution in [2.24, 2.45) is 22.7 Å². The number of nitrogens with zero attached hydrogens (tertiary/aromatic N) is 1. The summed E-state index contributed by atoms with van der Waals surface area (Å²) in [5, 5.41) is 24.4. The van der Waals surface area contributed by atoms with Gasteiger partial charge in [0.2, 0.25) is 0 Å². The first-order chi connectivity index (χ1) is 9.25. The van der Waals surface area contributed by atoms with Crippen LogP contribution < -0.4 is 5.32 Å². The molecule has 0 aromatic heterocycles. The maximum Gasteiger partial charge on any atom is 0.0882 e. The van der Waals surface area contributed by atoms with E-state index in [1.165, 1.54) is 0 Å². The molecule has 1 saturated heterocycles. The van der Waals surface area contributed by atoms with Crippen molar-refractivity contribution in [3.8, 4) is 6.07 Å². The summed E-state index contributed by atoms with van der Waals surface area (Å²) < 4.78 is 0. The first-order valence-corrected chi connectivity index (χ1v) is 8.09. The normalized spacial score (nSPS) is 43.0. The van der Waals surface area contributed by atoms with E-state index in [0.717, 1.165) is 38.8 Å². The summed E-state index contributed by atoms with van der Waals surface area (Å²) in [6, 6.07) is 2.55. The molecule has 3 nitrogen and oxygen atoms in total. The number of aliphatic hydroxyl groups is 1. The molecule has 1 heterocycles. The third kappa shape index (κ3) is 2.49. The Hall–Kier alpha value is -0.590. The minimum atomic E-state index is -0.810. The van der Waals surface area contributed by atoms with E-state index >= 15 is 0 Å². The Morgan fingerprint density at radius 1 is 1.20 bits per heavy atom. The van der Waals surface area contributed by atoms with E-state index in [9.17, 15) is 10.4 Å². The third-order valence-electron chi connectivity index (χ3n) is 6.06. The molecule has 1 aliphatic heterocycles. The van der Waals surface area contributed by atoms with Gasteiger partial charge < -0.3 is 10.4 Å². The van der Waals surface area contributed by atoms with Gasteiger partial charge in [-0.2, -0.15) is 5.26 Å². The van der Waals surface area contributed by atoms with Crippen LogP contribution in [0.15, 0.2) is 0 Å². The molecule has 20 heavy (non-hydrogen) atoms. The highest BCUT2D eigenvalue weighted by atomic mass is 16.3. The summed E-state index contributed by atoms with van der Waals surface area (Å²) in [6.45, 7) is 10.6. The second kappa shape index (κ2) is 5.31. The molecule has 0 amide bonds. The topological polar surface area (TPSA) is 56.0 Å². The standard InChI is InChI=1S/C17H30N2O/c1-13-11-19-10-9-17(13,20)16(12-18)7-5-14(6-8-16)15(2,3)4/h13-14,19-20H,5-11H2,1-4H3. The summed E-state index contributed by atoms with van der Waals surface area (Å²) in [6.07, 6.45) is 4.56. The van der Waals surface area contributed by atoms with Gasteiger partial charge in [-0.3, -0.25) is 0 Å². The van der Waals surface area contributed by atoms with Crippen molar-refractivity contribution in [1.29, 1.82) is 5.26 Å². The summed E-state index contributed by atoms with van der Waals surface area (Å²) >= 11 is 0. The summed E-state index contributed by atoms with van der Waals surface area (Å²) in [7, 11) is 0. The maximum absolute atomic E-state index is 11.2. The van der Waals surface area contributed by atoms with Crippen LogP contribution in [-0.2, 0) is 0 Å². The Bertz CT molecular complexity index is 385. The van der Waals surface area contributed by atoms with Crippen LogP contribution in [0.5, 0.6) is 0 Å². The Morgan fingerprint density at radius 2 is 1.80 bits per heavy atom. The van der Waals surface area contributed by atoms with Gasteiger partial charge in [0, 0.05) is 6.54 Å². The number of nitriles is 1. The zero-order valence-electron chi connectivity index (χ0n) is 13.5. The molecule has 2 unspecified atom stereocenters. The zero-order valence-corrected chi connectivity index (χ0v) is 13.5. The van der Waals surface area contributed by atoms with E-state index < -0.39 is 11.0 Å². The lowest BCUT2D eigenvalue weighted by molar-refractivity contribution is -0.133. The molecule has 0 bridgehead atoms. The lowest BCUT2D eigenvalue weighted by Gasteiger charge is -2.52. The molecule has 0 radical (unpaired) electrons. The van der Waals surface area contributed by atoms with Gasteiger partial charge in [-0.25, -0.2) is 0 Å². The lowest BCUT2D eigenvalue weighted by Crippen LogP contribution is -2.60. The fourth-order valence-corrected chi connectivity index (χ4v) is 4.34. The van der Waals surface area contributed by atoms with Crippen molar-refractivity contribution in [1.82, 2.24) is 5.32 Å². The highest BCUT2D eigenvalue weighted by Crippen LogP contribution is 2.53. The van der Waals surface area contributed by atoms with Gasteiger partial charge in [0.25, 0.3) is 0 Å². The van der Waals surface area contributed by atoms with Gasteiger partial charge in [-0.1, -0.05) is 27.7 Å². The highest BCUT2D eigenvalue weighted by molar-refractivity contribution is 5.16. The second-order valence-corrected chi connectivity index (χ2v) is 8.11. The van der Waals surface area contributed by atoms with Crippen molar-refractivity contribution in [3.05, 3.63) is 0 Å². The number of nitrogens with one attached hydrogen (secondary N) is 1. The van der Waals surface area contributed by atoms with Gasteiger partial charge in [-0.05, 0) is 55.9 Å². The first kappa shape index (κ1) is 15.8. The first-order valence-electron chi connectivity index (χ1n) is 8.09. The van der Waals surface area contributed by atoms with Crippen molar-refractivity contribution < 1.29 is 5.11 Å². The molecular formula is C17H30N2O. The van der Waals surface area contributed by atoms with Crippen LogP contribution in [0.2, 0.25) is 0 Å². The van der Waals surface area contributed by atoms with Gasteiger partial charge in [0.05, 0.1) is 17.1 Å². The fourth-order valence-electron chi connectivity index (χ4n) is 4.34. The molecule has 2 N–H and O–H groups in total. The molecule has 2 aliphatic rings. The molecule has 0 aromatic carbocycles. The molecule has 0 spiro atoms. The molecule has 114 valence electrons. The number of hydrogen-bond donors (Lipinski definition) is 2. The van der Waals surface area contributed by atoms with E-state index in [-0.39, 0.29) is 5.92 Å². The maximum atomic E-state index is 11.2. The molecule has 2 fully saturated rings. The van der Waals surface area contributed by atoms with E-state index in [1.807, 2.05) is 0 Å². The van der Waals surface area contributed by atoms with Crippen LogP contribution in [0.1, 0.15) is 59.8 Å². The molecule has 1 saturated carbocycles. The Morgan fingerprint density at radius 3 is 2.25 bits per heavy atom. The van der Waals surface area contributed by atoms with Gasteiger partial charge in [-0.15, -0.1) is 0 Å². The van der Waals surface area contributed by atoms with E-state index in [0.29, 0.717) is 17.8 Å². The molecule has 2 atom stereocenters. The molecule has 3 heteroatoms. The van der Waals surface area contributed by atoms with E-state index in [1.54, 1.807) is 0 Å². The molecule has 1 aliphatic carbocycles. The van der Waals surface area contributed by atoms with Crippen LogP contribution in [-0.4, -0.2) is 23.8 Å². The number of piperidine rings is 1. The molecule has 0 aromatic rings. The molecular weight excluding hydrogens is 248 g/mol. The number of hydrogen-bond acceptors (Lipinski definition) is 3.